The first-order chi connectivity index (χ1) is 20.8. The highest BCUT2D eigenvalue weighted by atomic mass is 32.2. The molecule has 4 aromatic carbocycles. The van der Waals surface area contributed by atoms with Crippen molar-refractivity contribution in [3.8, 4) is 28.5 Å². The van der Waals surface area contributed by atoms with E-state index in [4.69, 9.17) is 9.47 Å². The summed E-state index contributed by atoms with van der Waals surface area (Å²) in [5.74, 6) is 2.03. The third-order valence-corrected chi connectivity index (χ3v) is 8.49. The van der Waals surface area contributed by atoms with Gasteiger partial charge in [-0.25, -0.2) is 13.1 Å². The van der Waals surface area contributed by atoms with Gasteiger partial charge in [0.2, 0.25) is 10.0 Å². The van der Waals surface area contributed by atoms with E-state index in [1.165, 1.54) is 0 Å². The van der Waals surface area contributed by atoms with E-state index in [-0.39, 0.29) is 17.2 Å². The van der Waals surface area contributed by atoms with Gasteiger partial charge in [0.1, 0.15) is 11.4 Å². The number of nitrogens with zero attached hydrogens (tertiary/aromatic N) is 2. The zero-order valence-electron chi connectivity index (χ0n) is 24.3. The summed E-state index contributed by atoms with van der Waals surface area (Å²) in [4.78, 5) is 0.184. The summed E-state index contributed by atoms with van der Waals surface area (Å²) in [7, 11) is -3.82. The Labute approximate surface area is 251 Å². The first-order valence-corrected chi connectivity index (χ1v) is 15.6. The van der Waals surface area contributed by atoms with Crippen molar-refractivity contribution in [1.29, 1.82) is 0 Å². The number of aromatic nitrogens is 2. The molecule has 0 saturated heterocycles. The highest BCUT2D eigenvalue weighted by molar-refractivity contribution is 7.89. The number of aromatic hydroxyl groups is 1. The lowest BCUT2D eigenvalue weighted by atomic mass is 10.0. The third-order valence-electron chi connectivity index (χ3n) is 6.88. The van der Waals surface area contributed by atoms with E-state index < -0.39 is 10.0 Å². The molecule has 5 rings (SSSR count). The number of fused-ring (bicyclic) bond motifs is 1. The Kier molecular flexibility index (Phi) is 9.08. The van der Waals surface area contributed by atoms with Crippen LogP contribution in [0.1, 0.15) is 25.0 Å². The van der Waals surface area contributed by atoms with E-state index in [1.807, 2.05) is 62.4 Å². The number of ether oxygens (including phenoxy) is 2. The molecule has 222 valence electrons. The summed E-state index contributed by atoms with van der Waals surface area (Å²) in [5.41, 5.74) is 3.51. The minimum Gasteiger partial charge on any atom is -0.508 e. The highest BCUT2D eigenvalue weighted by Crippen LogP contribution is 2.33. The van der Waals surface area contributed by atoms with Crippen LogP contribution >= 0.6 is 0 Å². The van der Waals surface area contributed by atoms with Gasteiger partial charge in [0.25, 0.3) is 0 Å². The molecule has 0 aliphatic heterocycles. The van der Waals surface area contributed by atoms with Crippen LogP contribution in [0.2, 0.25) is 0 Å². The van der Waals surface area contributed by atoms with Crippen LogP contribution in [0.15, 0.2) is 89.8 Å². The van der Waals surface area contributed by atoms with Crippen molar-refractivity contribution in [2.45, 2.75) is 32.1 Å². The summed E-state index contributed by atoms with van der Waals surface area (Å²) in [6, 6.07) is 25.3. The second-order valence-corrected chi connectivity index (χ2v) is 11.6. The van der Waals surface area contributed by atoms with Gasteiger partial charge in [-0.05, 0) is 80.8 Å². The Bertz CT molecular complexity index is 1840. The second kappa shape index (κ2) is 13.1. The van der Waals surface area contributed by atoms with Crippen molar-refractivity contribution in [3.05, 3.63) is 96.1 Å². The molecule has 1 heterocycles. The van der Waals surface area contributed by atoms with Crippen LogP contribution in [0.5, 0.6) is 17.2 Å². The van der Waals surface area contributed by atoms with E-state index in [0.717, 1.165) is 22.0 Å². The van der Waals surface area contributed by atoms with Crippen molar-refractivity contribution in [1.82, 2.24) is 14.9 Å². The van der Waals surface area contributed by atoms with Gasteiger partial charge >= 0.3 is 0 Å². The molecule has 0 atom stereocenters. The lowest BCUT2D eigenvalue weighted by Crippen LogP contribution is -2.26. The zero-order chi connectivity index (χ0) is 30.4. The Hall–Kier alpha value is -4.67. The van der Waals surface area contributed by atoms with E-state index in [9.17, 15) is 13.5 Å². The first-order valence-electron chi connectivity index (χ1n) is 14.1. The van der Waals surface area contributed by atoms with Gasteiger partial charge < -0.3 is 19.9 Å². The Morgan fingerprint density at radius 2 is 1.53 bits per heavy atom. The monoisotopic (exact) mass is 598 g/mol. The molecular weight excluding hydrogens is 564 g/mol. The number of phenolic OH excluding ortho intramolecular Hbond substituents is 1. The summed E-state index contributed by atoms with van der Waals surface area (Å²) < 4.78 is 41.0. The largest absolute Gasteiger partial charge is 0.508 e. The summed E-state index contributed by atoms with van der Waals surface area (Å²) in [6.07, 6.45) is 0.482. The van der Waals surface area contributed by atoms with Gasteiger partial charge in [-0.3, -0.25) is 0 Å². The van der Waals surface area contributed by atoms with Gasteiger partial charge in [-0.2, -0.15) is 0 Å². The minimum atomic E-state index is -3.82. The Morgan fingerprint density at radius 3 is 2.28 bits per heavy atom. The molecule has 0 fully saturated rings. The number of hydrogen-bond donors (Lipinski definition) is 3. The molecule has 3 N–H and O–H groups in total. The number of rotatable bonds is 12. The van der Waals surface area contributed by atoms with Gasteiger partial charge in [-0.1, -0.05) is 42.5 Å². The molecule has 43 heavy (non-hydrogen) atoms. The lowest BCUT2D eigenvalue weighted by molar-refractivity contribution is 0.287. The lowest BCUT2D eigenvalue weighted by Gasteiger charge is -2.14. The predicted molar refractivity (Wildman–Crippen MR) is 169 cm³/mol. The molecule has 0 unspecified atom stereocenters. The van der Waals surface area contributed by atoms with E-state index in [2.05, 4.69) is 20.2 Å². The van der Waals surface area contributed by atoms with Crippen molar-refractivity contribution in [2.24, 2.45) is 0 Å². The number of phenols is 1. The van der Waals surface area contributed by atoms with Crippen LogP contribution in [0.3, 0.4) is 0 Å². The average molecular weight is 599 g/mol. The average Bonchev–Trinajstić information content (AvgIpc) is 3.00. The SMILES string of the molecule is CCOc1ccc(CCNS(=O)(=O)c2cc(-c3nnc(Nc4ccc(O)cc4)c4ccccc34)ccc2C)cc1OCC. The number of anilines is 2. The second-order valence-electron chi connectivity index (χ2n) is 9.89. The molecule has 0 bridgehead atoms. The maximum Gasteiger partial charge on any atom is 0.240 e. The third kappa shape index (κ3) is 6.87. The fraction of sp³-hybridized carbons (Fsp3) is 0.212. The minimum absolute atomic E-state index is 0.170. The van der Waals surface area contributed by atoms with E-state index in [0.29, 0.717) is 53.8 Å². The molecule has 0 spiro atoms. The van der Waals surface area contributed by atoms with Crippen LogP contribution in [0, 0.1) is 6.92 Å². The number of hydrogen-bond acceptors (Lipinski definition) is 8. The highest BCUT2D eigenvalue weighted by Gasteiger charge is 2.20. The molecular formula is C33H34N4O5S. The van der Waals surface area contributed by atoms with Gasteiger partial charge in [0, 0.05) is 28.6 Å². The normalized spacial score (nSPS) is 11.4. The van der Waals surface area contributed by atoms with Gasteiger partial charge in [0.05, 0.1) is 18.1 Å². The number of sulfonamides is 1. The van der Waals surface area contributed by atoms with Crippen LogP contribution < -0.4 is 19.5 Å². The maximum absolute atomic E-state index is 13.5. The molecule has 0 saturated carbocycles. The Balaban J connectivity index is 1.38. The van der Waals surface area contributed by atoms with Crippen molar-refractivity contribution < 1.29 is 23.0 Å². The summed E-state index contributed by atoms with van der Waals surface area (Å²) >= 11 is 0. The summed E-state index contributed by atoms with van der Waals surface area (Å²) in [5, 5.41) is 23.4. The number of benzene rings is 4. The van der Waals surface area contributed by atoms with Gasteiger partial charge in [0.15, 0.2) is 17.3 Å². The van der Waals surface area contributed by atoms with Gasteiger partial charge in [-0.15, -0.1) is 10.2 Å². The fourth-order valence-electron chi connectivity index (χ4n) is 4.79. The molecule has 0 amide bonds. The molecule has 5 aromatic rings. The quantitative estimate of drug-likeness (QED) is 0.142. The predicted octanol–water partition coefficient (Wildman–Crippen LogP) is 6.37. The van der Waals surface area contributed by atoms with Crippen molar-refractivity contribution in [3.63, 3.8) is 0 Å². The van der Waals surface area contributed by atoms with Crippen LogP contribution in [-0.2, 0) is 16.4 Å². The fourth-order valence-corrected chi connectivity index (χ4v) is 6.09. The maximum atomic E-state index is 13.5. The topological polar surface area (TPSA) is 123 Å². The Morgan fingerprint density at radius 1 is 0.814 bits per heavy atom. The first kappa shape index (κ1) is 29.8. The molecule has 0 radical (unpaired) electrons. The molecule has 1 aromatic heterocycles. The number of nitrogens with one attached hydrogen (secondary N) is 2. The van der Waals surface area contributed by atoms with Crippen LogP contribution in [0.25, 0.3) is 22.0 Å². The summed E-state index contributed by atoms with van der Waals surface area (Å²) in [6.45, 7) is 6.84. The molecule has 10 heteroatoms. The van der Waals surface area contributed by atoms with E-state index in [1.54, 1.807) is 43.3 Å². The molecule has 0 aliphatic carbocycles. The van der Waals surface area contributed by atoms with Crippen molar-refractivity contribution in [2.75, 3.05) is 25.1 Å². The standard InChI is InChI=1S/C33H34N4O5S/c1-4-41-29-17-11-23(20-30(29)42-5-2)18-19-34-43(39,40)31-21-24(12-10-22(31)3)32-27-8-6-7-9-28(27)33(37-36-32)35-25-13-15-26(38)16-14-25/h6-17,20-21,34,38H,4-5,18-19H2,1-3H3,(H,35,37). The molecule has 9 nitrogen and oxygen atoms in total. The van der Waals surface area contributed by atoms with E-state index >= 15 is 0 Å². The zero-order valence-corrected chi connectivity index (χ0v) is 25.1. The smallest absolute Gasteiger partial charge is 0.240 e. The molecule has 0 aliphatic rings. The number of aryl methyl sites for hydroxylation is 1. The van der Waals surface area contributed by atoms with Crippen molar-refractivity contribution >= 4 is 32.3 Å². The van der Waals surface area contributed by atoms with Crippen LogP contribution in [-0.4, -0.2) is 43.5 Å². The van der Waals surface area contributed by atoms with Crippen LogP contribution in [0.4, 0.5) is 11.5 Å².